The molecular formula is C22H28N4O3S. The maximum absolute atomic E-state index is 12.9. The van der Waals surface area contributed by atoms with Gasteiger partial charge in [0.1, 0.15) is 10.8 Å². The smallest absolute Gasteiger partial charge is 0.251 e. The standard InChI is InChI=1S/C22H28N4O3S/c1-14(21(28)24-22-19(20(23)27)15-6-5-9-18(15)30-22)25-10-12-26(13-11-25)16-7-3-4-8-17(16)29-2/h3-4,7-8,14H,5-6,9-13H2,1-2H3,(H2,23,27)(H,24,28). The second-order valence-corrected chi connectivity index (χ2v) is 8.89. The van der Waals surface area contributed by atoms with E-state index >= 15 is 0 Å². The van der Waals surface area contributed by atoms with E-state index in [-0.39, 0.29) is 11.9 Å². The second kappa shape index (κ2) is 8.65. The van der Waals surface area contributed by atoms with Crippen LogP contribution in [0.25, 0.3) is 0 Å². The van der Waals surface area contributed by atoms with E-state index in [1.54, 1.807) is 7.11 Å². The summed E-state index contributed by atoms with van der Waals surface area (Å²) in [5.41, 5.74) is 8.23. The number of amides is 2. The molecular weight excluding hydrogens is 400 g/mol. The lowest BCUT2D eigenvalue weighted by molar-refractivity contribution is -0.120. The number of piperazine rings is 1. The first-order valence-electron chi connectivity index (χ1n) is 10.4. The van der Waals surface area contributed by atoms with Crippen LogP contribution >= 0.6 is 11.3 Å². The van der Waals surface area contributed by atoms with Crippen molar-refractivity contribution < 1.29 is 14.3 Å². The van der Waals surface area contributed by atoms with Crippen LogP contribution in [0.5, 0.6) is 5.75 Å². The predicted molar refractivity (Wildman–Crippen MR) is 120 cm³/mol. The zero-order chi connectivity index (χ0) is 21.3. The van der Waals surface area contributed by atoms with Crippen molar-refractivity contribution in [3.63, 3.8) is 0 Å². The van der Waals surface area contributed by atoms with Gasteiger partial charge >= 0.3 is 0 Å². The number of fused-ring (bicyclic) bond motifs is 1. The number of primary amides is 1. The molecule has 1 aromatic carbocycles. The molecule has 0 radical (unpaired) electrons. The molecule has 160 valence electrons. The highest BCUT2D eigenvalue weighted by atomic mass is 32.1. The molecule has 2 heterocycles. The van der Waals surface area contributed by atoms with Crippen molar-refractivity contribution in [2.45, 2.75) is 32.2 Å². The summed E-state index contributed by atoms with van der Waals surface area (Å²) in [6, 6.07) is 7.71. The third-order valence-electron chi connectivity index (χ3n) is 6.07. The molecule has 30 heavy (non-hydrogen) atoms. The highest BCUT2D eigenvalue weighted by Crippen LogP contribution is 2.39. The van der Waals surface area contributed by atoms with Gasteiger partial charge in [-0.3, -0.25) is 14.5 Å². The number of nitrogens with two attached hydrogens (primary N) is 1. The maximum Gasteiger partial charge on any atom is 0.251 e. The Morgan fingerprint density at radius 1 is 1.17 bits per heavy atom. The second-order valence-electron chi connectivity index (χ2n) is 7.79. The monoisotopic (exact) mass is 428 g/mol. The average molecular weight is 429 g/mol. The van der Waals surface area contributed by atoms with Gasteiger partial charge in [-0.1, -0.05) is 12.1 Å². The van der Waals surface area contributed by atoms with Gasteiger partial charge in [-0.05, 0) is 43.9 Å². The van der Waals surface area contributed by atoms with Crippen LogP contribution in [0, 0.1) is 0 Å². The van der Waals surface area contributed by atoms with Gasteiger partial charge < -0.3 is 20.7 Å². The van der Waals surface area contributed by atoms with Gasteiger partial charge in [0.2, 0.25) is 5.91 Å². The number of ether oxygens (including phenoxy) is 1. The number of aryl methyl sites for hydroxylation is 1. The number of nitrogens with one attached hydrogen (secondary N) is 1. The fourth-order valence-corrected chi connectivity index (χ4v) is 5.67. The van der Waals surface area contributed by atoms with Crippen LogP contribution < -0.4 is 20.7 Å². The van der Waals surface area contributed by atoms with Gasteiger partial charge in [0, 0.05) is 31.1 Å². The highest BCUT2D eigenvalue weighted by molar-refractivity contribution is 7.17. The Labute approximate surface area is 180 Å². The first kappa shape index (κ1) is 20.7. The molecule has 4 rings (SSSR count). The van der Waals surface area contributed by atoms with Crippen molar-refractivity contribution in [2.75, 3.05) is 43.5 Å². The summed E-state index contributed by atoms with van der Waals surface area (Å²) in [5, 5.41) is 3.59. The summed E-state index contributed by atoms with van der Waals surface area (Å²) in [6.45, 7) is 5.10. The fraction of sp³-hybridized carbons (Fsp3) is 0.455. The van der Waals surface area contributed by atoms with E-state index in [1.807, 2.05) is 25.1 Å². The minimum absolute atomic E-state index is 0.0943. The molecule has 8 heteroatoms. The Balaban J connectivity index is 1.40. The Morgan fingerprint density at radius 3 is 2.60 bits per heavy atom. The zero-order valence-corrected chi connectivity index (χ0v) is 18.3. The number of carbonyl (C=O) groups is 2. The van der Waals surface area contributed by atoms with Crippen molar-refractivity contribution in [2.24, 2.45) is 5.73 Å². The third kappa shape index (κ3) is 3.89. The molecule has 7 nitrogen and oxygen atoms in total. The number of nitrogens with zero attached hydrogens (tertiary/aromatic N) is 2. The number of benzene rings is 1. The molecule has 2 amide bonds. The van der Waals surface area contributed by atoms with E-state index in [0.717, 1.165) is 62.4 Å². The third-order valence-corrected chi connectivity index (χ3v) is 7.28. The Hall–Kier alpha value is -2.58. The topological polar surface area (TPSA) is 87.9 Å². The van der Waals surface area contributed by atoms with Crippen LogP contribution in [0.4, 0.5) is 10.7 Å². The predicted octanol–water partition coefficient (Wildman–Crippen LogP) is 2.49. The first-order valence-corrected chi connectivity index (χ1v) is 11.2. The number of carbonyl (C=O) groups excluding carboxylic acids is 2. The summed E-state index contributed by atoms with van der Waals surface area (Å²) in [4.78, 5) is 30.5. The van der Waals surface area contributed by atoms with E-state index in [2.05, 4.69) is 21.2 Å². The molecule has 0 spiro atoms. The van der Waals surface area contributed by atoms with Gasteiger partial charge in [-0.2, -0.15) is 0 Å². The van der Waals surface area contributed by atoms with Crippen LogP contribution in [0.1, 0.15) is 34.1 Å². The van der Waals surface area contributed by atoms with Crippen LogP contribution in [-0.2, 0) is 17.6 Å². The SMILES string of the molecule is COc1ccccc1N1CCN(C(C)C(=O)Nc2sc3c(c2C(N)=O)CCC3)CC1. The summed E-state index contributed by atoms with van der Waals surface area (Å²) >= 11 is 1.50. The largest absolute Gasteiger partial charge is 0.495 e. The number of hydrogen-bond acceptors (Lipinski definition) is 6. The van der Waals surface area contributed by atoms with Crippen LogP contribution in [0.15, 0.2) is 24.3 Å². The number of hydrogen-bond donors (Lipinski definition) is 2. The molecule has 1 saturated heterocycles. The number of para-hydroxylation sites is 2. The molecule has 1 aromatic heterocycles. The molecule has 0 bridgehead atoms. The molecule has 1 atom stereocenters. The van der Waals surface area contributed by atoms with Gasteiger partial charge in [0.15, 0.2) is 0 Å². The van der Waals surface area contributed by atoms with Gasteiger partial charge in [-0.25, -0.2) is 0 Å². The van der Waals surface area contributed by atoms with Crippen LogP contribution in [0.2, 0.25) is 0 Å². The van der Waals surface area contributed by atoms with Crippen molar-refractivity contribution >= 4 is 33.8 Å². The Morgan fingerprint density at radius 2 is 1.90 bits per heavy atom. The van der Waals surface area contributed by atoms with Crippen molar-refractivity contribution in [3.8, 4) is 5.75 Å². The number of thiophene rings is 1. The molecule has 2 aliphatic rings. The lowest BCUT2D eigenvalue weighted by Gasteiger charge is -2.38. The number of anilines is 2. The normalized spacial score (nSPS) is 17.5. The summed E-state index contributed by atoms with van der Waals surface area (Å²) in [6.07, 6.45) is 2.86. The van der Waals surface area contributed by atoms with Crippen molar-refractivity contribution in [1.29, 1.82) is 0 Å². The lowest BCUT2D eigenvalue weighted by atomic mass is 10.1. The van der Waals surface area contributed by atoms with E-state index < -0.39 is 5.91 Å². The first-order chi connectivity index (χ1) is 14.5. The van der Waals surface area contributed by atoms with E-state index in [9.17, 15) is 9.59 Å². The summed E-state index contributed by atoms with van der Waals surface area (Å²) in [5.74, 6) is 0.312. The molecule has 2 aromatic rings. The minimum atomic E-state index is -0.456. The Bertz CT molecular complexity index is 950. The van der Waals surface area contributed by atoms with Gasteiger partial charge in [0.05, 0.1) is 24.4 Å². The van der Waals surface area contributed by atoms with Crippen LogP contribution in [-0.4, -0.2) is 56.0 Å². The molecule has 0 saturated carbocycles. The summed E-state index contributed by atoms with van der Waals surface area (Å²) in [7, 11) is 1.68. The molecule has 1 aliphatic heterocycles. The minimum Gasteiger partial charge on any atom is -0.495 e. The van der Waals surface area contributed by atoms with Crippen LogP contribution in [0.3, 0.4) is 0 Å². The zero-order valence-electron chi connectivity index (χ0n) is 17.4. The number of rotatable bonds is 6. The molecule has 3 N–H and O–H groups in total. The summed E-state index contributed by atoms with van der Waals surface area (Å²) < 4.78 is 5.48. The number of methoxy groups -OCH3 is 1. The Kier molecular flexibility index (Phi) is 5.97. The van der Waals surface area contributed by atoms with Gasteiger partial charge in [-0.15, -0.1) is 11.3 Å². The van der Waals surface area contributed by atoms with E-state index in [1.165, 1.54) is 16.2 Å². The molecule has 1 aliphatic carbocycles. The molecule has 1 unspecified atom stereocenters. The highest BCUT2D eigenvalue weighted by Gasteiger charge is 2.30. The lowest BCUT2D eigenvalue weighted by Crippen LogP contribution is -2.52. The fourth-order valence-electron chi connectivity index (χ4n) is 4.38. The average Bonchev–Trinajstić information content (AvgIpc) is 3.33. The quantitative estimate of drug-likeness (QED) is 0.738. The van der Waals surface area contributed by atoms with Crippen molar-refractivity contribution in [1.82, 2.24) is 4.90 Å². The van der Waals surface area contributed by atoms with Crippen molar-refractivity contribution in [3.05, 3.63) is 40.3 Å². The van der Waals surface area contributed by atoms with E-state index in [0.29, 0.717) is 10.6 Å². The maximum atomic E-state index is 12.9. The molecule has 1 fully saturated rings. The van der Waals surface area contributed by atoms with Gasteiger partial charge in [0.25, 0.3) is 5.91 Å². The van der Waals surface area contributed by atoms with E-state index in [4.69, 9.17) is 10.5 Å².